The summed E-state index contributed by atoms with van der Waals surface area (Å²) in [5, 5.41) is 9.48. The maximum absolute atomic E-state index is 11.5. The highest BCUT2D eigenvalue weighted by Crippen LogP contribution is 2.54. The summed E-state index contributed by atoms with van der Waals surface area (Å²) in [4.78, 5) is 11.5. The third-order valence-electron chi connectivity index (χ3n) is 4.29. The molecule has 2 heteroatoms. The molecule has 0 aromatic carbocycles. The minimum atomic E-state index is -0.576. The molecule has 1 saturated carbocycles. The first-order valence-corrected chi connectivity index (χ1v) is 6.62. The molecule has 0 aromatic heterocycles. The summed E-state index contributed by atoms with van der Waals surface area (Å²) in [6.45, 7) is 2.18. The summed E-state index contributed by atoms with van der Waals surface area (Å²) in [6, 6.07) is 0. The quantitative estimate of drug-likeness (QED) is 0.735. The Hall–Kier alpha value is -0.790. The predicted octanol–water partition coefficient (Wildman–Crippen LogP) is 3.77. The van der Waals surface area contributed by atoms with Crippen molar-refractivity contribution >= 4 is 5.97 Å². The van der Waals surface area contributed by atoms with Gasteiger partial charge >= 0.3 is 5.97 Å². The van der Waals surface area contributed by atoms with Gasteiger partial charge in [0.15, 0.2) is 0 Å². The van der Waals surface area contributed by atoms with Crippen LogP contribution < -0.4 is 0 Å². The average Bonchev–Trinajstić information content (AvgIpc) is 2.23. The predicted molar refractivity (Wildman–Crippen MR) is 64.3 cm³/mol. The minimum absolute atomic E-state index is 0.458. The molecule has 90 valence electrons. The van der Waals surface area contributed by atoms with Gasteiger partial charge in [0.2, 0.25) is 0 Å². The Labute approximate surface area is 97.7 Å². The molecule has 0 unspecified atom stereocenters. The van der Waals surface area contributed by atoms with Crippen LogP contribution in [0.25, 0.3) is 0 Å². The lowest BCUT2D eigenvalue weighted by Crippen LogP contribution is -2.45. The van der Waals surface area contributed by atoms with Crippen LogP contribution in [0.3, 0.4) is 0 Å². The van der Waals surface area contributed by atoms with E-state index in [1.807, 2.05) is 0 Å². The van der Waals surface area contributed by atoms with E-state index in [1.165, 1.54) is 31.3 Å². The maximum Gasteiger partial charge on any atom is 0.313 e. The van der Waals surface area contributed by atoms with E-state index in [1.54, 1.807) is 0 Å². The van der Waals surface area contributed by atoms with E-state index < -0.39 is 11.4 Å². The molecule has 2 nitrogen and oxygen atoms in total. The Morgan fingerprint density at radius 1 is 1.50 bits per heavy atom. The molecule has 0 aromatic rings. The van der Waals surface area contributed by atoms with Gasteiger partial charge in [0, 0.05) is 0 Å². The lowest BCUT2D eigenvalue weighted by Gasteiger charge is -2.47. The van der Waals surface area contributed by atoms with Crippen molar-refractivity contribution in [3.05, 3.63) is 11.6 Å². The number of hydrogen-bond acceptors (Lipinski definition) is 1. The number of hydrogen-bond donors (Lipinski definition) is 1. The molecule has 2 aliphatic carbocycles. The second-order valence-corrected chi connectivity index (χ2v) is 5.43. The molecule has 0 aliphatic heterocycles. The molecule has 16 heavy (non-hydrogen) atoms. The largest absolute Gasteiger partial charge is 0.481 e. The lowest BCUT2D eigenvalue weighted by atomic mass is 9.56. The van der Waals surface area contributed by atoms with Gasteiger partial charge in [0.25, 0.3) is 0 Å². The summed E-state index contributed by atoms with van der Waals surface area (Å²) >= 11 is 0. The molecule has 0 radical (unpaired) electrons. The normalized spacial score (nSPS) is 34.1. The van der Waals surface area contributed by atoms with Crippen molar-refractivity contribution in [3.63, 3.8) is 0 Å². The Morgan fingerprint density at radius 2 is 2.25 bits per heavy atom. The Bertz CT molecular complexity index is 298. The number of aliphatic carboxylic acids is 1. The van der Waals surface area contributed by atoms with Gasteiger partial charge < -0.3 is 5.11 Å². The zero-order valence-electron chi connectivity index (χ0n) is 10.2. The molecule has 2 rings (SSSR count). The maximum atomic E-state index is 11.5. The van der Waals surface area contributed by atoms with Crippen molar-refractivity contribution < 1.29 is 9.90 Å². The monoisotopic (exact) mass is 222 g/mol. The van der Waals surface area contributed by atoms with Crippen LogP contribution in [0, 0.1) is 11.3 Å². The third-order valence-corrected chi connectivity index (χ3v) is 4.29. The Balaban J connectivity index is 2.07. The van der Waals surface area contributed by atoms with Gasteiger partial charge in [0.05, 0.1) is 5.41 Å². The van der Waals surface area contributed by atoms with Crippen LogP contribution in [0.2, 0.25) is 0 Å². The van der Waals surface area contributed by atoms with E-state index in [4.69, 9.17) is 0 Å². The first kappa shape index (κ1) is 11.7. The second kappa shape index (κ2) is 4.60. The molecule has 2 aliphatic rings. The van der Waals surface area contributed by atoms with Crippen LogP contribution in [0.4, 0.5) is 0 Å². The molecule has 0 spiro atoms. The Kier molecular flexibility index (Phi) is 3.36. The number of allylic oxidation sites excluding steroid dienone is 1. The fraction of sp³-hybridized carbons (Fsp3) is 0.786. The lowest BCUT2D eigenvalue weighted by molar-refractivity contribution is -0.154. The zero-order valence-corrected chi connectivity index (χ0v) is 10.2. The van der Waals surface area contributed by atoms with Crippen molar-refractivity contribution in [2.45, 2.75) is 58.3 Å². The zero-order chi connectivity index (χ0) is 11.6. The van der Waals surface area contributed by atoms with Crippen LogP contribution in [-0.2, 0) is 4.79 Å². The van der Waals surface area contributed by atoms with E-state index in [2.05, 4.69) is 13.0 Å². The van der Waals surface area contributed by atoms with Gasteiger partial charge in [-0.05, 0) is 44.4 Å². The van der Waals surface area contributed by atoms with Crippen LogP contribution in [0.1, 0.15) is 58.3 Å². The number of rotatable bonds is 4. The number of carbonyl (C=O) groups is 1. The van der Waals surface area contributed by atoms with Gasteiger partial charge in [-0.3, -0.25) is 4.79 Å². The first-order chi connectivity index (χ1) is 7.69. The number of carboxylic acids is 1. The first-order valence-electron chi connectivity index (χ1n) is 6.62. The summed E-state index contributed by atoms with van der Waals surface area (Å²) in [5.74, 6) is 0.0805. The van der Waals surface area contributed by atoms with E-state index in [0.717, 1.165) is 25.7 Å². The van der Waals surface area contributed by atoms with Gasteiger partial charge in [0.1, 0.15) is 0 Å². The SMILES string of the molecule is CCCC1CC(C(=O)O)(C2=CCCCC2)C1. The van der Waals surface area contributed by atoms with Crippen LogP contribution in [-0.4, -0.2) is 11.1 Å². The molecule has 0 atom stereocenters. The van der Waals surface area contributed by atoms with Crippen LogP contribution in [0.5, 0.6) is 0 Å². The molecule has 1 N–H and O–H groups in total. The van der Waals surface area contributed by atoms with Crippen molar-refractivity contribution in [1.29, 1.82) is 0 Å². The van der Waals surface area contributed by atoms with E-state index in [9.17, 15) is 9.90 Å². The summed E-state index contributed by atoms with van der Waals surface area (Å²) in [5.41, 5.74) is 0.777. The molecular weight excluding hydrogens is 200 g/mol. The standard InChI is InChI=1S/C14H22O2/c1-2-6-11-9-14(10-11,13(15)16)12-7-4-3-5-8-12/h7,11H,2-6,8-10H2,1H3,(H,15,16). The topological polar surface area (TPSA) is 37.3 Å². The molecule has 0 heterocycles. The van der Waals surface area contributed by atoms with Gasteiger partial charge in [-0.2, -0.15) is 0 Å². The fourth-order valence-corrected chi connectivity index (χ4v) is 3.39. The van der Waals surface area contributed by atoms with Gasteiger partial charge in [-0.1, -0.05) is 31.4 Å². The molecule has 0 saturated heterocycles. The van der Waals surface area contributed by atoms with Gasteiger partial charge in [-0.25, -0.2) is 0 Å². The molecule has 1 fully saturated rings. The number of carboxylic acid groups (broad SMARTS) is 1. The van der Waals surface area contributed by atoms with Crippen LogP contribution in [0.15, 0.2) is 11.6 Å². The second-order valence-electron chi connectivity index (χ2n) is 5.43. The van der Waals surface area contributed by atoms with Crippen molar-refractivity contribution in [1.82, 2.24) is 0 Å². The summed E-state index contributed by atoms with van der Waals surface area (Å²) in [6.07, 6.45) is 10.9. The average molecular weight is 222 g/mol. The molecular formula is C14H22O2. The highest BCUT2D eigenvalue weighted by Gasteiger charge is 2.51. The van der Waals surface area contributed by atoms with E-state index >= 15 is 0 Å². The summed E-state index contributed by atoms with van der Waals surface area (Å²) < 4.78 is 0. The minimum Gasteiger partial charge on any atom is -0.481 e. The highest BCUT2D eigenvalue weighted by molar-refractivity contribution is 5.80. The summed E-state index contributed by atoms with van der Waals surface area (Å²) in [7, 11) is 0. The molecule has 0 bridgehead atoms. The van der Waals surface area contributed by atoms with Gasteiger partial charge in [-0.15, -0.1) is 0 Å². The van der Waals surface area contributed by atoms with E-state index in [-0.39, 0.29) is 0 Å². The van der Waals surface area contributed by atoms with E-state index in [0.29, 0.717) is 5.92 Å². The van der Waals surface area contributed by atoms with Crippen molar-refractivity contribution in [2.75, 3.05) is 0 Å². The van der Waals surface area contributed by atoms with Crippen molar-refractivity contribution in [2.24, 2.45) is 11.3 Å². The molecule has 0 amide bonds. The van der Waals surface area contributed by atoms with Crippen LogP contribution >= 0.6 is 0 Å². The van der Waals surface area contributed by atoms with Crippen molar-refractivity contribution in [3.8, 4) is 0 Å². The third kappa shape index (κ3) is 1.90. The highest BCUT2D eigenvalue weighted by atomic mass is 16.4. The Morgan fingerprint density at radius 3 is 2.75 bits per heavy atom. The smallest absolute Gasteiger partial charge is 0.313 e. The fourth-order valence-electron chi connectivity index (χ4n) is 3.39.